The maximum Gasteiger partial charge on any atom is 0.262 e. The van der Waals surface area contributed by atoms with Gasteiger partial charge in [0, 0.05) is 6.07 Å². The van der Waals surface area contributed by atoms with E-state index in [1.807, 2.05) is 41.0 Å². The Balaban J connectivity index is 1.68. The molecule has 2 heterocycles. The minimum atomic E-state index is -0.220. The van der Waals surface area contributed by atoms with Gasteiger partial charge in [-0.1, -0.05) is 30.0 Å². The zero-order valence-corrected chi connectivity index (χ0v) is 16.3. The molecule has 4 aromatic rings. The number of hydrogen-bond donors (Lipinski definition) is 0. The van der Waals surface area contributed by atoms with Crippen LogP contribution in [-0.2, 0) is 12.3 Å². The van der Waals surface area contributed by atoms with Gasteiger partial charge in [0.15, 0.2) is 5.16 Å². The predicted molar refractivity (Wildman–Crippen MR) is 109 cm³/mol. The fraction of sp³-hybridized carbons (Fsp3) is 0.150. The number of benzene rings is 2. The average Bonchev–Trinajstić information content (AvgIpc) is 3.23. The Bertz CT molecular complexity index is 1270. The molecule has 0 N–H and O–H groups in total. The topological polar surface area (TPSA) is 98.6 Å². The second-order valence-corrected chi connectivity index (χ2v) is 7.01. The quantitative estimate of drug-likeness (QED) is 0.456. The number of aromatic nitrogens is 5. The first kappa shape index (κ1) is 18.7. The summed E-state index contributed by atoms with van der Waals surface area (Å²) in [5.74, 6) is 1.61. The number of rotatable bonds is 6. The highest BCUT2D eigenvalue weighted by molar-refractivity contribution is 7.98. The molecule has 0 aliphatic heterocycles. The van der Waals surface area contributed by atoms with Crippen LogP contribution in [0.4, 0.5) is 0 Å². The van der Waals surface area contributed by atoms with E-state index < -0.39 is 0 Å². The van der Waals surface area contributed by atoms with Crippen molar-refractivity contribution in [3.63, 3.8) is 0 Å². The van der Waals surface area contributed by atoms with E-state index in [1.54, 1.807) is 31.6 Å². The molecule has 0 aliphatic carbocycles. The van der Waals surface area contributed by atoms with Gasteiger partial charge in [0.25, 0.3) is 5.56 Å². The first-order valence-electron chi connectivity index (χ1n) is 8.74. The van der Waals surface area contributed by atoms with Gasteiger partial charge in [0.2, 0.25) is 0 Å². The molecule has 0 aliphatic rings. The molecule has 8 nitrogen and oxygen atoms in total. The van der Waals surface area contributed by atoms with Gasteiger partial charge in [-0.2, -0.15) is 5.26 Å². The normalized spacial score (nSPS) is 10.8. The molecule has 144 valence electrons. The van der Waals surface area contributed by atoms with Gasteiger partial charge in [-0.05, 0) is 24.3 Å². The first-order valence-corrected chi connectivity index (χ1v) is 9.72. The lowest BCUT2D eigenvalue weighted by molar-refractivity contribution is 0.414. The summed E-state index contributed by atoms with van der Waals surface area (Å²) < 4.78 is 8.52. The SMILES string of the molecule is COc1cccc(-n2cnnc2SCc2nc3ccccc3c(=O)n2CC#N)c1. The third kappa shape index (κ3) is 3.70. The van der Waals surface area contributed by atoms with Crippen molar-refractivity contribution in [2.45, 2.75) is 17.5 Å². The number of nitrogens with zero attached hydrogens (tertiary/aromatic N) is 6. The molecule has 0 unspecified atom stereocenters. The fourth-order valence-corrected chi connectivity index (χ4v) is 3.82. The van der Waals surface area contributed by atoms with Gasteiger partial charge in [-0.3, -0.25) is 13.9 Å². The highest BCUT2D eigenvalue weighted by Crippen LogP contribution is 2.25. The lowest BCUT2D eigenvalue weighted by Gasteiger charge is -2.11. The summed E-state index contributed by atoms with van der Waals surface area (Å²) in [5, 5.41) is 18.5. The van der Waals surface area contributed by atoms with Crippen molar-refractivity contribution in [3.05, 3.63) is 71.0 Å². The van der Waals surface area contributed by atoms with Crippen LogP contribution in [0.15, 0.2) is 64.8 Å². The molecule has 0 atom stereocenters. The smallest absolute Gasteiger partial charge is 0.262 e. The van der Waals surface area contributed by atoms with Crippen LogP contribution in [0, 0.1) is 11.3 Å². The number of para-hydroxylation sites is 1. The van der Waals surface area contributed by atoms with Crippen LogP contribution < -0.4 is 10.3 Å². The third-order valence-corrected chi connectivity index (χ3v) is 5.29. The minimum Gasteiger partial charge on any atom is -0.497 e. The summed E-state index contributed by atoms with van der Waals surface area (Å²) in [4.78, 5) is 17.4. The van der Waals surface area contributed by atoms with Crippen molar-refractivity contribution in [3.8, 4) is 17.5 Å². The number of thioether (sulfide) groups is 1. The second kappa shape index (κ2) is 8.16. The zero-order chi connectivity index (χ0) is 20.2. The van der Waals surface area contributed by atoms with Gasteiger partial charge in [0.1, 0.15) is 24.4 Å². The summed E-state index contributed by atoms with van der Waals surface area (Å²) in [6.45, 7) is -0.0604. The van der Waals surface area contributed by atoms with E-state index in [0.717, 1.165) is 11.4 Å². The van der Waals surface area contributed by atoms with Crippen molar-refractivity contribution in [2.24, 2.45) is 0 Å². The summed E-state index contributed by atoms with van der Waals surface area (Å²) in [7, 11) is 1.61. The molecule has 0 radical (unpaired) electrons. The summed E-state index contributed by atoms with van der Waals surface area (Å²) in [6.07, 6.45) is 1.62. The number of hydrogen-bond acceptors (Lipinski definition) is 7. The van der Waals surface area contributed by atoms with Crippen molar-refractivity contribution < 1.29 is 4.74 Å². The molecule has 0 amide bonds. The van der Waals surface area contributed by atoms with Crippen molar-refractivity contribution >= 4 is 22.7 Å². The van der Waals surface area contributed by atoms with Gasteiger partial charge >= 0.3 is 0 Å². The van der Waals surface area contributed by atoms with E-state index in [9.17, 15) is 4.79 Å². The van der Waals surface area contributed by atoms with Crippen molar-refractivity contribution in [2.75, 3.05) is 7.11 Å². The van der Waals surface area contributed by atoms with Crippen LogP contribution in [0.1, 0.15) is 5.82 Å². The maximum absolute atomic E-state index is 12.8. The summed E-state index contributed by atoms with van der Waals surface area (Å²) in [6, 6.07) is 16.7. The monoisotopic (exact) mass is 404 g/mol. The largest absolute Gasteiger partial charge is 0.497 e. The average molecular weight is 404 g/mol. The Hall–Kier alpha value is -3.64. The number of nitriles is 1. The maximum atomic E-state index is 12.8. The van der Waals surface area contributed by atoms with Crippen LogP contribution >= 0.6 is 11.8 Å². The standard InChI is InChI=1S/C20H16N6O2S/c1-28-15-6-4-5-14(11-15)26-13-22-24-20(26)29-12-18-23-17-8-3-2-7-16(17)19(27)25(18)10-9-21/h2-8,11,13H,10,12H2,1H3. The highest BCUT2D eigenvalue weighted by Gasteiger charge is 2.14. The van der Waals surface area contributed by atoms with Crippen LogP contribution in [0.2, 0.25) is 0 Å². The fourth-order valence-electron chi connectivity index (χ4n) is 2.95. The predicted octanol–water partition coefficient (Wildman–Crippen LogP) is 2.80. The Morgan fingerprint density at radius 3 is 2.90 bits per heavy atom. The molecule has 29 heavy (non-hydrogen) atoms. The van der Waals surface area contributed by atoms with Crippen LogP contribution in [0.25, 0.3) is 16.6 Å². The highest BCUT2D eigenvalue weighted by atomic mass is 32.2. The zero-order valence-electron chi connectivity index (χ0n) is 15.5. The van der Waals surface area contributed by atoms with E-state index in [-0.39, 0.29) is 12.1 Å². The van der Waals surface area contributed by atoms with Gasteiger partial charge < -0.3 is 4.74 Å². The van der Waals surface area contributed by atoms with Gasteiger partial charge in [-0.25, -0.2) is 4.98 Å². The molecule has 0 fully saturated rings. The Labute approximate surface area is 170 Å². The Morgan fingerprint density at radius 2 is 2.07 bits per heavy atom. The molecular formula is C20H16N6O2S. The molecule has 0 bridgehead atoms. The van der Waals surface area contributed by atoms with E-state index >= 15 is 0 Å². The van der Waals surface area contributed by atoms with E-state index in [4.69, 9.17) is 10.00 Å². The molecule has 0 spiro atoms. The molecule has 0 saturated carbocycles. The van der Waals surface area contributed by atoms with Crippen LogP contribution in [0.3, 0.4) is 0 Å². The Morgan fingerprint density at radius 1 is 1.21 bits per heavy atom. The molecular weight excluding hydrogens is 388 g/mol. The number of ether oxygens (including phenoxy) is 1. The molecule has 2 aromatic heterocycles. The first-order chi connectivity index (χ1) is 14.2. The molecule has 0 saturated heterocycles. The Kier molecular flexibility index (Phi) is 5.27. The van der Waals surface area contributed by atoms with Crippen LogP contribution in [0.5, 0.6) is 5.75 Å². The van der Waals surface area contributed by atoms with Crippen LogP contribution in [-0.4, -0.2) is 31.4 Å². The van der Waals surface area contributed by atoms with Gasteiger partial charge in [0.05, 0.1) is 35.5 Å². The summed E-state index contributed by atoms with van der Waals surface area (Å²) >= 11 is 1.39. The lowest BCUT2D eigenvalue weighted by Crippen LogP contribution is -2.24. The number of fused-ring (bicyclic) bond motifs is 1. The summed E-state index contributed by atoms with van der Waals surface area (Å²) in [5.41, 5.74) is 1.25. The van der Waals surface area contributed by atoms with Crippen molar-refractivity contribution in [1.82, 2.24) is 24.3 Å². The second-order valence-electron chi connectivity index (χ2n) is 6.07. The molecule has 4 rings (SSSR count). The van der Waals surface area contributed by atoms with E-state index in [1.165, 1.54) is 16.3 Å². The molecule has 2 aromatic carbocycles. The third-order valence-electron chi connectivity index (χ3n) is 4.35. The minimum absolute atomic E-state index is 0.0604. The van der Waals surface area contributed by atoms with Gasteiger partial charge in [-0.15, -0.1) is 10.2 Å². The van der Waals surface area contributed by atoms with E-state index in [0.29, 0.717) is 27.6 Å². The molecule has 9 heteroatoms. The number of methoxy groups -OCH3 is 1. The van der Waals surface area contributed by atoms with E-state index in [2.05, 4.69) is 15.2 Å². The van der Waals surface area contributed by atoms with Crippen molar-refractivity contribution in [1.29, 1.82) is 5.26 Å². The lowest BCUT2D eigenvalue weighted by atomic mass is 10.2.